The second-order valence-electron chi connectivity index (χ2n) is 2.71. The maximum Gasteiger partial charge on any atom is 0.404 e. The molecule has 0 saturated heterocycles. The van der Waals surface area contributed by atoms with Gasteiger partial charge in [-0.1, -0.05) is 30.3 Å². The van der Waals surface area contributed by atoms with Crippen molar-refractivity contribution in [1.82, 2.24) is 0 Å². The van der Waals surface area contributed by atoms with Gasteiger partial charge in [-0.15, -0.1) is 5.46 Å². The molecule has 0 aliphatic rings. The van der Waals surface area contributed by atoms with E-state index in [1.54, 1.807) is 30.3 Å². The van der Waals surface area contributed by atoms with Gasteiger partial charge in [-0.2, -0.15) is 0 Å². The molecule has 0 bridgehead atoms. The molecule has 0 atom stereocenters. The highest BCUT2D eigenvalue weighted by atomic mass is 16.6. The summed E-state index contributed by atoms with van der Waals surface area (Å²) in [5, 5.41) is 27.2. The zero-order chi connectivity index (χ0) is 9.73. The molecule has 0 aliphatic carbocycles. The third-order valence-electron chi connectivity index (χ3n) is 1.68. The molecule has 0 amide bonds. The van der Waals surface area contributed by atoms with Gasteiger partial charge in [-0.25, -0.2) is 0 Å². The van der Waals surface area contributed by atoms with Gasteiger partial charge in [0.15, 0.2) is 0 Å². The molecule has 0 spiro atoms. The molecule has 72 valence electrons. The van der Waals surface area contributed by atoms with E-state index in [9.17, 15) is 10.0 Å². The summed E-state index contributed by atoms with van der Waals surface area (Å²) in [6.45, 7) is -3.30. The van der Waals surface area contributed by atoms with E-state index in [1.807, 2.05) is 0 Å². The lowest BCUT2D eigenvalue weighted by molar-refractivity contribution is 0.125. The molecule has 0 heterocycles. The molecule has 3 N–H and O–H groups in total. The van der Waals surface area contributed by atoms with Crippen LogP contribution in [0.15, 0.2) is 30.3 Å². The van der Waals surface area contributed by atoms with Crippen molar-refractivity contribution in [2.24, 2.45) is 0 Å². The monoisotopic (exact) mass is 183 g/mol. The molecule has 1 aromatic carbocycles. The Balaban J connectivity index is 2.69. The zero-order valence-electron chi connectivity index (χ0n) is 7.13. The molecule has 4 nitrogen and oxygen atoms in total. The summed E-state index contributed by atoms with van der Waals surface area (Å²) in [5.74, 6) is 0. The molecule has 5 heteroatoms. The molecule has 0 saturated carbocycles. The fourth-order valence-electron chi connectivity index (χ4n) is 1.02. The smallest absolute Gasteiger partial charge is 0.404 e. The Labute approximate surface area is 76.4 Å². The Kier molecular flexibility index (Phi) is 3.44. The van der Waals surface area contributed by atoms with Crippen molar-refractivity contribution >= 4 is 12.2 Å². The minimum absolute atomic E-state index is 0.0953. The SMILES string of the molecule is OCCO[B-](O)(O)c1ccccc1. The number of hydrogen-bond donors (Lipinski definition) is 3. The summed E-state index contributed by atoms with van der Waals surface area (Å²) in [5.41, 5.74) is 0.302. The summed E-state index contributed by atoms with van der Waals surface area (Å²) < 4.78 is 4.69. The van der Waals surface area contributed by atoms with Gasteiger partial charge >= 0.3 is 6.75 Å². The van der Waals surface area contributed by atoms with Gasteiger partial charge in [-0.3, -0.25) is 0 Å². The highest BCUT2D eigenvalue weighted by molar-refractivity contribution is 6.72. The largest absolute Gasteiger partial charge is 0.556 e. The summed E-state index contributed by atoms with van der Waals surface area (Å²) in [6, 6.07) is 8.23. The normalized spacial score (nSPS) is 11.6. The van der Waals surface area contributed by atoms with Crippen molar-refractivity contribution < 1.29 is 19.8 Å². The molecular weight excluding hydrogens is 171 g/mol. The maximum atomic E-state index is 9.40. The predicted molar refractivity (Wildman–Crippen MR) is 49.3 cm³/mol. The van der Waals surface area contributed by atoms with E-state index in [-0.39, 0.29) is 13.2 Å². The van der Waals surface area contributed by atoms with Crippen LogP contribution in [0.1, 0.15) is 0 Å². The molecular formula is C8H12BO4-. The van der Waals surface area contributed by atoms with Gasteiger partial charge in [-0.05, 0) is 0 Å². The Bertz CT molecular complexity index is 250. The molecule has 13 heavy (non-hydrogen) atoms. The van der Waals surface area contributed by atoms with Crippen LogP contribution in [0.4, 0.5) is 0 Å². The average molecular weight is 183 g/mol. The van der Waals surface area contributed by atoms with Gasteiger partial charge < -0.3 is 19.8 Å². The predicted octanol–water partition coefficient (Wildman–Crippen LogP) is -1.17. The number of aliphatic hydroxyl groups is 1. The number of aliphatic hydroxyl groups excluding tert-OH is 1. The molecule has 0 unspecified atom stereocenters. The number of hydrogen-bond acceptors (Lipinski definition) is 4. The van der Waals surface area contributed by atoms with Crippen molar-refractivity contribution in [2.45, 2.75) is 0 Å². The van der Waals surface area contributed by atoms with Crippen LogP contribution in [-0.4, -0.2) is 35.1 Å². The molecule has 0 aliphatic heterocycles. The van der Waals surface area contributed by atoms with Crippen LogP contribution in [0.3, 0.4) is 0 Å². The number of rotatable bonds is 4. The lowest BCUT2D eigenvalue weighted by Crippen LogP contribution is -2.52. The van der Waals surface area contributed by atoms with Crippen LogP contribution in [0.2, 0.25) is 0 Å². The van der Waals surface area contributed by atoms with Crippen molar-refractivity contribution in [3.63, 3.8) is 0 Å². The third kappa shape index (κ3) is 2.82. The second-order valence-corrected chi connectivity index (χ2v) is 2.71. The van der Waals surface area contributed by atoms with Crippen LogP contribution < -0.4 is 5.46 Å². The van der Waals surface area contributed by atoms with Crippen molar-refractivity contribution in [3.05, 3.63) is 30.3 Å². The fourth-order valence-corrected chi connectivity index (χ4v) is 1.02. The lowest BCUT2D eigenvalue weighted by atomic mass is 9.70. The lowest BCUT2D eigenvalue weighted by Gasteiger charge is -2.29. The van der Waals surface area contributed by atoms with Gasteiger partial charge in [0.1, 0.15) is 0 Å². The summed E-state index contributed by atoms with van der Waals surface area (Å²) in [6.07, 6.45) is 0. The van der Waals surface area contributed by atoms with Crippen molar-refractivity contribution in [2.75, 3.05) is 13.2 Å². The summed E-state index contributed by atoms with van der Waals surface area (Å²) in [7, 11) is 0. The van der Waals surface area contributed by atoms with E-state index in [2.05, 4.69) is 4.65 Å². The molecule has 0 radical (unpaired) electrons. The average Bonchev–Trinajstić information content (AvgIpc) is 2.16. The van der Waals surface area contributed by atoms with Crippen molar-refractivity contribution in [1.29, 1.82) is 0 Å². The summed E-state index contributed by atoms with van der Waals surface area (Å²) >= 11 is 0. The minimum Gasteiger partial charge on any atom is -0.556 e. The standard InChI is InChI=1S/C8H12BO4/c10-6-7-13-9(11,12)8-4-2-1-3-5-8/h1-5,10-12H,6-7H2/q-1. The van der Waals surface area contributed by atoms with E-state index in [0.29, 0.717) is 5.46 Å². The van der Waals surface area contributed by atoms with Gasteiger partial charge in [0, 0.05) is 6.61 Å². The first-order valence-corrected chi connectivity index (χ1v) is 4.06. The molecule has 0 aromatic heterocycles. The second kappa shape index (κ2) is 4.39. The molecule has 1 rings (SSSR count). The Hall–Kier alpha value is -0.875. The third-order valence-corrected chi connectivity index (χ3v) is 1.68. The first-order valence-electron chi connectivity index (χ1n) is 4.06. The van der Waals surface area contributed by atoms with Crippen molar-refractivity contribution in [3.8, 4) is 0 Å². The van der Waals surface area contributed by atoms with Gasteiger partial charge in [0.25, 0.3) is 0 Å². The quantitative estimate of drug-likeness (QED) is 0.514. The van der Waals surface area contributed by atoms with Crippen LogP contribution >= 0.6 is 0 Å². The van der Waals surface area contributed by atoms with Crippen LogP contribution in [-0.2, 0) is 4.65 Å². The fraction of sp³-hybridized carbons (Fsp3) is 0.250. The minimum atomic E-state index is -2.97. The Morgan fingerprint density at radius 2 is 1.77 bits per heavy atom. The van der Waals surface area contributed by atoms with E-state index in [1.165, 1.54) is 0 Å². The van der Waals surface area contributed by atoms with Crippen LogP contribution in [0.25, 0.3) is 0 Å². The Morgan fingerprint density at radius 1 is 1.15 bits per heavy atom. The van der Waals surface area contributed by atoms with Gasteiger partial charge in [0.2, 0.25) is 0 Å². The van der Waals surface area contributed by atoms with E-state index >= 15 is 0 Å². The first kappa shape index (κ1) is 10.2. The zero-order valence-corrected chi connectivity index (χ0v) is 7.13. The van der Waals surface area contributed by atoms with E-state index in [0.717, 1.165) is 0 Å². The molecule has 1 aromatic rings. The Morgan fingerprint density at radius 3 is 2.31 bits per heavy atom. The van der Waals surface area contributed by atoms with E-state index < -0.39 is 6.75 Å². The number of benzene rings is 1. The first-order chi connectivity index (χ1) is 6.17. The highest BCUT2D eigenvalue weighted by Gasteiger charge is 2.21. The highest BCUT2D eigenvalue weighted by Crippen LogP contribution is 1.97. The molecule has 0 fully saturated rings. The topological polar surface area (TPSA) is 69.9 Å². The van der Waals surface area contributed by atoms with Crippen LogP contribution in [0.5, 0.6) is 0 Å². The van der Waals surface area contributed by atoms with Gasteiger partial charge in [0.05, 0.1) is 6.61 Å². The summed E-state index contributed by atoms with van der Waals surface area (Å²) in [4.78, 5) is 0. The van der Waals surface area contributed by atoms with E-state index in [4.69, 9.17) is 5.11 Å². The van der Waals surface area contributed by atoms with Crippen LogP contribution in [0, 0.1) is 0 Å². The maximum absolute atomic E-state index is 9.40.